The number of fused-ring (bicyclic) bond motifs is 1. The molecule has 0 saturated carbocycles. The van der Waals surface area contributed by atoms with E-state index in [-0.39, 0.29) is 18.2 Å². The molecule has 29 heavy (non-hydrogen) atoms. The Morgan fingerprint density at radius 2 is 1.76 bits per heavy atom. The van der Waals surface area contributed by atoms with Crippen molar-refractivity contribution in [3.05, 3.63) is 41.7 Å². The van der Waals surface area contributed by atoms with Gasteiger partial charge in [-0.3, -0.25) is 4.79 Å². The topological polar surface area (TPSA) is 56.6 Å². The van der Waals surface area contributed by atoms with Crippen LogP contribution in [-0.2, 0) is 22.4 Å². The van der Waals surface area contributed by atoms with Gasteiger partial charge in [0.25, 0.3) is 5.91 Å². The van der Waals surface area contributed by atoms with E-state index in [0.29, 0.717) is 18.9 Å². The summed E-state index contributed by atoms with van der Waals surface area (Å²) >= 11 is 0. The fraction of sp³-hybridized carbons (Fsp3) is 0.565. The molecule has 0 spiro atoms. The van der Waals surface area contributed by atoms with Gasteiger partial charge in [0.05, 0.1) is 24.9 Å². The molecule has 2 saturated heterocycles. The number of amides is 1. The van der Waals surface area contributed by atoms with Crippen molar-refractivity contribution in [1.29, 1.82) is 0 Å². The molecule has 1 aromatic heterocycles. The lowest BCUT2D eigenvalue weighted by molar-refractivity contribution is -0.100. The lowest BCUT2D eigenvalue weighted by atomic mass is 10.0. The van der Waals surface area contributed by atoms with Gasteiger partial charge in [-0.15, -0.1) is 0 Å². The summed E-state index contributed by atoms with van der Waals surface area (Å²) < 4.78 is 13.8. The van der Waals surface area contributed by atoms with Gasteiger partial charge in [-0.05, 0) is 38.5 Å². The number of imidazole rings is 1. The van der Waals surface area contributed by atoms with Gasteiger partial charge < -0.3 is 18.9 Å². The Hall–Kier alpha value is -2.18. The molecule has 2 fully saturated rings. The molecule has 154 valence electrons. The van der Waals surface area contributed by atoms with Crippen molar-refractivity contribution in [3.63, 3.8) is 0 Å². The lowest BCUT2D eigenvalue weighted by Gasteiger charge is -2.37. The van der Waals surface area contributed by atoms with Crippen molar-refractivity contribution in [1.82, 2.24) is 14.5 Å². The van der Waals surface area contributed by atoms with Gasteiger partial charge in [0, 0.05) is 18.7 Å². The highest BCUT2D eigenvalue weighted by molar-refractivity contribution is 5.94. The lowest BCUT2D eigenvalue weighted by Crippen LogP contribution is -2.50. The van der Waals surface area contributed by atoms with Crippen molar-refractivity contribution < 1.29 is 14.3 Å². The summed E-state index contributed by atoms with van der Waals surface area (Å²) in [6.07, 6.45) is 7.11. The van der Waals surface area contributed by atoms with Crippen LogP contribution in [-0.4, -0.2) is 52.4 Å². The minimum Gasteiger partial charge on any atom is -0.348 e. The van der Waals surface area contributed by atoms with E-state index in [1.165, 1.54) is 6.42 Å². The van der Waals surface area contributed by atoms with E-state index in [9.17, 15) is 4.79 Å². The summed E-state index contributed by atoms with van der Waals surface area (Å²) in [4.78, 5) is 20.6. The summed E-state index contributed by atoms with van der Waals surface area (Å²) in [6.45, 7) is 2.90. The van der Waals surface area contributed by atoms with Crippen LogP contribution in [0.4, 0.5) is 0 Å². The van der Waals surface area contributed by atoms with E-state index < -0.39 is 0 Å². The molecule has 1 unspecified atom stereocenters. The van der Waals surface area contributed by atoms with Crippen LogP contribution in [0, 0.1) is 0 Å². The largest absolute Gasteiger partial charge is 0.348 e. The standard InChI is InChI=1S/C23H29N3O3/c27-22(26-14-8-6-12-19(26)23-28-15-16-29-23)20-18-11-5-2-7-13-25(18)21(24-20)17-9-3-1-4-10-17/h1,3-4,9-10,19,23H,2,5-8,11-16H2. The zero-order chi connectivity index (χ0) is 19.6. The highest BCUT2D eigenvalue weighted by Crippen LogP contribution is 2.31. The van der Waals surface area contributed by atoms with Gasteiger partial charge in [-0.1, -0.05) is 36.8 Å². The molecule has 1 amide bonds. The second-order valence-electron chi connectivity index (χ2n) is 8.23. The summed E-state index contributed by atoms with van der Waals surface area (Å²) in [5.74, 6) is 0.967. The number of piperidine rings is 1. The number of carbonyl (C=O) groups excluding carboxylic acids is 1. The fourth-order valence-electron chi connectivity index (χ4n) is 4.93. The summed E-state index contributed by atoms with van der Waals surface area (Å²) in [5.41, 5.74) is 2.81. The quantitative estimate of drug-likeness (QED) is 0.796. The maximum atomic E-state index is 13.7. The molecule has 6 nitrogen and oxygen atoms in total. The number of aromatic nitrogens is 2. The van der Waals surface area contributed by atoms with Crippen LogP contribution >= 0.6 is 0 Å². The molecule has 0 radical (unpaired) electrons. The van der Waals surface area contributed by atoms with Gasteiger partial charge in [0.2, 0.25) is 0 Å². The van der Waals surface area contributed by atoms with Crippen LogP contribution in [0.25, 0.3) is 11.4 Å². The molecular formula is C23H29N3O3. The molecule has 2 aromatic rings. The molecule has 0 bridgehead atoms. The Morgan fingerprint density at radius 1 is 0.966 bits per heavy atom. The first-order chi connectivity index (χ1) is 14.3. The van der Waals surface area contributed by atoms with Gasteiger partial charge in [-0.2, -0.15) is 0 Å². The second-order valence-corrected chi connectivity index (χ2v) is 8.23. The molecule has 5 rings (SSSR count). The van der Waals surface area contributed by atoms with Crippen LogP contribution in [0.3, 0.4) is 0 Å². The second kappa shape index (κ2) is 8.28. The Bertz CT molecular complexity index is 858. The Labute approximate surface area is 171 Å². The Kier molecular flexibility index (Phi) is 5.38. The SMILES string of the molecule is O=C(c1nc(-c2ccccc2)n2c1CCCCC2)N1CCCCC1C1OCCO1. The predicted molar refractivity (Wildman–Crippen MR) is 110 cm³/mol. The average molecular weight is 396 g/mol. The van der Waals surface area contributed by atoms with Gasteiger partial charge in [0.15, 0.2) is 6.29 Å². The minimum atomic E-state index is -0.297. The van der Waals surface area contributed by atoms with E-state index in [1.54, 1.807) is 0 Å². The van der Waals surface area contributed by atoms with E-state index in [2.05, 4.69) is 16.7 Å². The third kappa shape index (κ3) is 3.60. The van der Waals surface area contributed by atoms with E-state index in [1.807, 2.05) is 23.1 Å². The molecular weight excluding hydrogens is 366 g/mol. The van der Waals surface area contributed by atoms with Crippen LogP contribution < -0.4 is 0 Å². The number of likely N-dealkylation sites (tertiary alicyclic amines) is 1. The molecule has 4 heterocycles. The maximum absolute atomic E-state index is 13.7. The minimum absolute atomic E-state index is 0.0120. The van der Waals surface area contributed by atoms with Gasteiger partial charge in [0.1, 0.15) is 11.5 Å². The number of rotatable bonds is 3. The van der Waals surface area contributed by atoms with Crippen molar-refractivity contribution in [2.75, 3.05) is 19.8 Å². The van der Waals surface area contributed by atoms with Crippen molar-refractivity contribution >= 4 is 5.91 Å². The van der Waals surface area contributed by atoms with Gasteiger partial charge in [-0.25, -0.2) is 4.98 Å². The van der Waals surface area contributed by atoms with Gasteiger partial charge >= 0.3 is 0 Å². The molecule has 1 aromatic carbocycles. The molecule has 1 atom stereocenters. The zero-order valence-corrected chi connectivity index (χ0v) is 16.9. The van der Waals surface area contributed by atoms with Crippen molar-refractivity contribution in [3.8, 4) is 11.4 Å². The number of benzene rings is 1. The summed E-state index contributed by atoms with van der Waals surface area (Å²) in [6, 6.07) is 10.2. The highest BCUT2D eigenvalue weighted by atomic mass is 16.7. The fourth-order valence-corrected chi connectivity index (χ4v) is 4.93. The monoisotopic (exact) mass is 395 g/mol. The third-order valence-corrected chi connectivity index (χ3v) is 6.37. The van der Waals surface area contributed by atoms with Crippen molar-refractivity contribution in [2.24, 2.45) is 0 Å². The van der Waals surface area contributed by atoms with Crippen LogP contribution in [0.1, 0.15) is 54.7 Å². The third-order valence-electron chi connectivity index (χ3n) is 6.37. The number of nitrogens with zero attached hydrogens (tertiary/aromatic N) is 3. The van der Waals surface area contributed by atoms with Crippen LogP contribution in [0.5, 0.6) is 0 Å². The first-order valence-corrected chi connectivity index (χ1v) is 11.0. The number of hydrogen-bond donors (Lipinski definition) is 0. The highest BCUT2D eigenvalue weighted by Gasteiger charge is 2.38. The van der Waals surface area contributed by atoms with E-state index >= 15 is 0 Å². The van der Waals surface area contributed by atoms with Crippen molar-refractivity contribution in [2.45, 2.75) is 63.8 Å². The number of hydrogen-bond acceptors (Lipinski definition) is 4. The zero-order valence-electron chi connectivity index (χ0n) is 16.9. The first kappa shape index (κ1) is 18.8. The number of carbonyl (C=O) groups is 1. The molecule has 6 heteroatoms. The van der Waals surface area contributed by atoms with E-state index in [0.717, 1.165) is 68.7 Å². The molecule has 0 N–H and O–H groups in total. The van der Waals surface area contributed by atoms with E-state index in [4.69, 9.17) is 14.5 Å². The van der Waals surface area contributed by atoms with Crippen LogP contribution in [0.15, 0.2) is 30.3 Å². The normalized spacial score (nSPS) is 23.0. The Morgan fingerprint density at radius 3 is 2.59 bits per heavy atom. The molecule has 3 aliphatic heterocycles. The molecule has 0 aliphatic carbocycles. The number of ether oxygens (including phenoxy) is 2. The smallest absolute Gasteiger partial charge is 0.274 e. The maximum Gasteiger partial charge on any atom is 0.274 e. The van der Waals surface area contributed by atoms with Crippen LogP contribution in [0.2, 0.25) is 0 Å². The Balaban J connectivity index is 1.52. The average Bonchev–Trinajstić information content (AvgIpc) is 3.37. The first-order valence-electron chi connectivity index (χ1n) is 11.0. The predicted octanol–water partition coefficient (Wildman–Crippen LogP) is 3.64. The molecule has 3 aliphatic rings. The summed E-state index contributed by atoms with van der Waals surface area (Å²) in [5, 5.41) is 0. The summed E-state index contributed by atoms with van der Waals surface area (Å²) in [7, 11) is 0.